The summed E-state index contributed by atoms with van der Waals surface area (Å²) in [4.78, 5) is 45.9. The van der Waals surface area contributed by atoms with E-state index in [4.69, 9.17) is 14.2 Å². The van der Waals surface area contributed by atoms with Crippen LogP contribution in [0.2, 0.25) is 0 Å². The number of hydrogen-bond acceptors (Lipinski definition) is 9. The van der Waals surface area contributed by atoms with Crippen molar-refractivity contribution in [2.75, 3.05) is 47.5 Å². The third-order valence-corrected chi connectivity index (χ3v) is 10.5. The second kappa shape index (κ2) is 16.5. The van der Waals surface area contributed by atoms with Gasteiger partial charge in [0.1, 0.15) is 12.3 Å². The maximum absolute atomic E-state index is 13.0. The van der Waals surface area contributed by atoms with Crippen molar-refractivity contribution < 1.29 is 28.6 Å². The van der Waals surface area contributed by atoms with Crippen LogP contribution >= 0.6 is 0 Å². The predicted octanol–water partition coefficient (Wildman–Crippen LogP) is 5.14. The van der Waals surface area contributed by atoms with Crippen LogP contribution in [0.4, 0.5) is 0 Å². The lowest BCUT2D eigenvalue weighted by molar-refractivity contribution is -0.121. The highest BCUT2D eigenvalue weighted by molar-refractivity contribution is 6.21. The van der Waals surface area contributed by atoms with E-state index in [0.717, 1.165) is 73.2 Å². The van der Waals surface area contributed by atoms with E-state index in [1.807, 2.05) is 24.4 Å². The van der Waals surface area contributed by atoms with Gasteiger partial charge in [-0.2, -0.15) is 0 Å². The lowest BCUT2D eigenvalue weighted by atomic mass is 9.89. The number of H-pyrrole nitrogens is 1. The average molecular weight is 734 g/mol. The summed E-state index contributed by atoms with van der Waals surface area (Å²) in [5.74, 6) is 1.67. The third kappa shape index (κ3) is 7.96. The number of carbonyl (C=O) groups excluding carboxylic acids is 3. The van der Waals surface area contributed by atoms with E-state index in [1.54, 1.807) is 50.3 Å². The summed E-state index contributed by atoms with van der Waals surface area (Å²) in [5.41, 5.74) is 6.32. The molecule has 2 N–H and O–H groups in total. The molecule has 1 atom stereocenters. The number of aryl methyl sites for hydroxylation is 1. The largest absolute Gasteiger partial charge is 0.497 e. The Morgan fingerprint density at radius 1 is 0.889 bits per heavy atom. The molecule has 4 heterocycles. The molecule has 0 aliphatic carbocycles. The minimum atomic E-state index is -0.219. The van der Waals surface area contributed by atoms with E-state index in [9.17, 15) is 14.4 Å². The van der Waals surface area contributed by atoms with Gasteiger partial charge < -0.3 is 24.5 Å². The number of unbranched alkanes of at least 4 members (excludes halogenated alkanes) is 1. The SMILES string of the molecule is COc1ccc2[nH]c(CCNC(=O)Cn3cc(CCCCN4CCc5cc(OC)c(OC)cc5C4CCCN4C(=O)c5ccccc5C4=O)nn3)cc2c1. The van der Waals surface area contributed by atoms with E-state index in [2.05, 4.69) is 43.7 Å². The molecule has 3 amide bonds. The first-order valence-electron chi connectivity index (χ1n) is 18.6. The van der Waals surface area contributed by atoms with Gasteiger partial charge in [0.2, 0.25) is 5.91 Å². The highest BCUT2D eigenvalue weighted by Crippen LogP contribution is 2.40. The average Bonchev–Trinajstić information content (AvgIpc) is 3.88. The Balaban J connectivity index is 0.900. The maximum atomic E-state index is 13.0. The van der Waals surface area contributed by atoms with Crippen molar-refractivity contribution in [2.45, 2.75) is 57.5 Å². The molecule has 2 aromatic heterocycles. The number of imide groups is 1. The second-order valence-electron chi connectivity index (χ2n) is 13.9. The van der Waals surface area contributed by atoms with Crippen LogP contribution in [0.15, 0.2) is 66.9 Å². The van der Waals surface area contributed by atoms with Crippen LogP contribution in [0.5, 0.6) is 17.2 Å². The molecule has 282 valence electrons. The van der Waals surface area contributed by atoms with Gasteiger partial charge in [0.05, 0.1) is 38.2 Å². The molecular weight excluding hydrogens is 686 g/mol. The first kappa shape index (κ1) is 36.7. The van der Waals surface area contributed by atoms with E-state index >= 15 is 0 Å². The van der Waals surface area contributed by atoms with Gasteiger partial charge in [0, 0.05) is 54.9 Å². The normalized spacial score (nSPS) is 15.4. The molecule has 2 aliphatic rings. The number of amides is 3. The fourth-order valence-electron chi connectivity index (χ4n) is 7.69. The molecular formula is C41H47N7O6. The van der Waals surface area contributed by atoms with Crippen LogP contribution in [-0.2, 0) is 30.6 Å². The predicted molar refractivity (Wildman–Crippen MR) is 203 cm³/mol. The Morgan fingerprint density at radius 2 is 1.67 bits per heavy atom. The third-order valence-electron chi connectivity index (χ3n) is 10.5. The number of nitrogens with one attached hydrogen (secondary N) is 2. The molecule has 0 saturated heterocycles. The second-order valence-corrected chi connectivity index (χ2v) is 13.9. The molecule has 0 bridgehead atoms. The van der Waals surface area contributed by atoms with E-state index in [-0.39, 0.29) is 30.3 Å². The number of carbonyl (C=O) groups is 3. The minimum Gasteiger partial charge on any atom is -0.497 e. The van der Waals surface area contributed by atoms with Crippen molar-refractivity contribution in [3.05, 3.63) is 101 Å². The molecule has 7 rings (SSSR count). The molecule has 0 radical (unpaired) electrons. The highest BCUT2D eigenvalue weighted by atomic mass is 16.5. The summed E-state index contributed by atoms with van der Waals surface area (Å²) in [6.45, 7) is 2.76. The van der Waals surface area contributed by atoms with E-state index in [0.29, 0.717) is 48.6 Å². The Labute approximate surface area is 314 Å². The number of nitrogens with zero attached hydrogens (tertiary/aromatic N) is 5. The number of methoxy groups -OCH3 is 3. The van der Waals surface area contributed by atoms with Gasteiger partial charge in [-0.15, -0.1) is 5.10 Å². The van der Waals surface area contributed by atoms with Crippen LogP contribution in [-0.4, -0.2) is 95.0 Å². The van der Waals surface area contributed by atoms with Crippen LogP contribution < -0.4 is 19.5 Å². The van der Waals surface area contributed by atoms with Gasteiger partial charge in [-0.3, -0.25) is 24.2 Å². The van der Waals surface area contributed by atoms with Gasteiger partial charge in [-0.25, -0.2) is 4.68 Å². The first-order chi connectivity index (χ1) is 26.3. The topological polar surface area (TPSA) is 144 Å². The zero-order valence-electron chi connectivity index (χ0n) is 31.1. The van der Waals surface area contributed by atoms with E-state index < -0.39 is 0 Å². The summed E-state index contributed by atoms with van der Waals surface area (Å²) in [5, 5.41) is 12.6. The van der Waals surface area contributed by atoms with E-state index in [1.165, 1.54) is 16.0 Å². The fourth-order valence-corrected chi connectivity index (χ4v) is 7.69. The molecule has 13 nitrogen and oxygen atoms in total. The number of aromatic nitrogens is 4. The summed E-state index contributed by atoms with van der Waals surface area (Å²) in [6.07, 6.45) is 7.50. The number of rotatable bonds is 17. The fraction of sp³-hybridized carbons (Fsp3) is 0.390. The number of fused-ring (bicyclic) bond motifs is 3. The molecule has 1 unspecified atom stereocenters. The molecule has 2 aliphatic heterocycles. The summed E-state index contributed by atoms with van der Waals surface area (Å²) in [7, 11) is 4.95. The zero-order chi connectivity index (χ0) is 37.6. The van der Waals surface area contributed by atoms with Gasteiger partial charge in [0.25, 0.3) is 11.8 Å². The highest BCUT2D eigenvalue weighted by Gasteiger charge is 2.35. The summed E-state index contributed by atoms with van der Waals surface area (Å²) >= 11 is 0. The van der Waals surface area contributed by atoms with Crippen LogP contribution in [0.1, 0.15) is 75.0 Å². The molecule has 3 aromatic carbocycles. The number of benzene rings is 3. The molecule has 54 heavy (non-hydrogen) atoms. The summed E-state index contributed by atoms with van der Waals surface area (Å²) in [6, 6.07) is 19.3. The Kier molecular flexibility index (Phi) is 11.2. The Morgan fingerprint density at radius 3 is 2.43 bits per heavy atom. The van der Waals surface area contributed by atoms with Gasteiger partial charge >= 0.3 is 0 Å². The van der Waals surface area contributed by atoms with Crippen molar-refractivity contribution in [3.63, 3.8) is 0 Å². The summed E-state index contributed by atoms with van der Waals surface area (Å²) < 4.78 is 18.2. The van der Waals surface area contributed by atoms with Crippen molar-refractivity contribution in [2.24, 2.45) is 0 Å². The van der Waals surface area contributed by atoms with Crippen molar-refractivity contribution in [1.82, 2.24) is 35.1 Å². The van der Waals surface area contributed by atoms with Crippen molar-refractivity contribution in [3.8, 4) is 17.2 Å². The quantitative estimate of drug-likeness (QED) is 0.0981. The molecule has 5 aromatic rings. The van der Waals surface area contributed by atoms with Crippen LogP contribution in [0.25, 0.3) is 10.9 Å². The van der Waals surface area contributed by atoms with Gasteiger partial charge in [0.15, 0.2) is 11.5 Å². The standard InChI is InChI=1S/C41H47N7O6/c1-52-31-13-14-35-28(22-31)21-29(43-35)15-17-42-39(49)26-47-25-30(44-45-47)9-6-7-18-46-20-16-27-23-37(53-2)38(54-3)24-34(27)36(46)12-8-19-48-40(50)32-10-4-5-11-33(32)41(48)51/h4-5,10-11,13-14,21-25,36,43H,6-9,12,15-20,26H2,1-3H3,(H,42,49). The lowest BCUT2D eigenvalue weighted by Gasteiger charge is -2.38. The maximum Gasteiger partial charge on any atom is 0.261 e. The Bertz CT molecular complexity index is 2110. The molecule has 0 saturated carbocycles. The monoisotopic (exact) mass is 733 g/mol. The van der Waals surface area contributed by atoms with Crippen LogP contribution in [0, 0.1) is 0 Å². The lowest BCUT2D eigenvalue weighted by Crippen LogP contribution is -2.37. The number of ether oxygens (including phenoxy) is 3. The number of aromatic amines is 1. The smallest absolute Gasteiger partial charge is 0.261 e. The number of hydrogen-bond donors (Lipinski definition) is 2. The zero-order valence-corrected chi connectivity index (χ0v) is 31.1. The Hall–Kier alpha value is -5.69. The molecule has 0 spiro atoms. The van der Waals surface area contributed by atoms with Crippen molar-refractivity contribution >= 4 is 28.6 Å². The van der Waals surface area contributed by atoms with Gasteiger partial charge in [-0.05, 0) is 105 Å². The van der Waals surface area contributed by atoms with Gasteiger partial charge in [-0.1, -0.05) is 17.3 Å². The molecule has 13 heteroatoms. The minimum absolute atomic E-state index is 0.0997. The van der Waals surface area contributed by atoms with Crippen molar-refractivity contribution in [1.29, 1.82) is 0 Å². The molecule has 0 fully saturated rings. The van der Waals surface area contributed by atoms with Crippen LogP contribution in [0.3, 0.4) is 0 Å². The first-order valence-corrected chi connectivity index (χ1v) is 18.6.